The molecule has 0 aliphatic carbocycles. The van der Waals surface area contributed by atoms with Crippen LogP contribution < -0.4 is 31.9 Å². The molecule has 0 bridgehead atoms. The molecule has 0 radical (unpaired) electrons. The van der Waals surface area contributed by atoms with Crippen molar-refractivity contribution in [2.24, 2.45) is 5.92 Å². The van der Waals surface area contributed by atoms with Crippen LogP contribution >= 0.6 is 0 Å². The van der Waals surface area contributed by atoms with E-state index < -0.39 is 101 Å². The number of nitrogens with one attached hydrogen (secondary N) is 8. The highest BCUT2D eigenvalue weighted by atomic mass is 16.6. The van der Waals surface area contributed by atoms with Gasteiger partial charge in [0, 0.05) is 101 Å². The van der Waals surface area contributed by atoms with Crippen molar-refractivity contribution in [3.63, 3.8) is 0 Å². The molecule has 8 amide bonds. The van der Waals surface area contributed by atoms with Crippen LogP contribution in [-0.4, -0.2) is 201 Å². The first-order chi connectivity index (χ1) is 49.3. The number of para-hydroxylation sites is 4. The van der Waals surface area contributed by atoms with Gasteiger partial charge in [0.05, 0.1) is 62.2 Å². The number of imidazole rings is 2. The number of methoxy groups -OCH3 is 2. The van der Waals surface area contributed by atoms with Crippen LogP contribution in [0.15, 0.2) is 84.9 Å². The van der Waals surface area contributed by atoms with Gasteiger partial charge in [0.25, 0.3) is 11.8 Å². The van der Waals surface area contributed by atoms with Crippen molar-refractivity contribution < 1.29 is 76.5 Å². The summed E-state index contributed by atoms with van der Waals surface area (Å²) in [4.78, 5) is 185. The molecule has 0 saturated carbocycles. The van der Waals surface area contributed by atoms with E-state index in [9.17, 15) is 57.5 Å². The number of aromatic nitrogens is 4. The molecule has 0 fully saturated rings. The molecule has 2 aliphatic heterocycles. The highest BCUT2D eigenvalue weighted by Gasteiger charge is 2.35. The van der Waals surface area contributed by atoms with Crippen molar-refractivity contribution in [3.8, 4) is 0 Å². The zero-order valence-corrected chi connectivity index (χ0v) is 60.9. The molecule has 4 heterocycles. The second-order valence-electron chi connectivity index (χ2n) is 28.1. The number of hydrogen-bond acceptors (Lipinski definition) is 20. The minimum atomic E-state index is -1.27. The lowest BCUT2D eigenvalue weighted by Gasteiger charge is -2.25. The predicted molar refractivity (Wildman–Crippen MR) is 383 cm³/mol. The Morgan fingerprint density at radius 1 is 0.548 bits per heavy atom. The van der Waals surface area contributed by atoms with E-state index in [0.717, 1.165) is 22.1 Å². The van der Waals surface area contributed by atoms with Gasteiger partial charge >= 0.3 is 23.9 Å². The predicted octanol–water partition coefficient (Wildman–Crippen LogP) is 5.70. The normalized spacial score (nSPS) is 15.3. The number of esters is 4. The second-order valence-corrected chi connectivity index (χ2v) is 28.1. The number of H-pyrrole nitrogens is 2. The summed E-state index contributed by atoms with van der Waals surface area (Å²) in [6.07, 6.45) is -1.42. The highest BCUT2D eigenvalue weighted by molar-refractivity contribution is 5.98. The van der Waals surface area contributed by atoms with Crippen LogP contribution in [0, 0.1) is 5.92 Å². The van der Waals surface area contributed by atoms with Gasteiger partial charge in [-0.1, -0.05) is 31.2 Å². The van der Waals surface area contributed by atoms with E-state index in [1.807, 2.05) is 48.5 Å². The van der Waals surface area contributed by atoms with Crippen LogP contribution in [0.4, 0.5) is 11.4 Å². The molecule has 5 atom stereocenters. The first-order valence-electron chi connectivity index (χ1n) is 34.8. The van der Waals surface area contributed by atoms with Crippen LogP contribution in [-0.2, 0) is 93.1 Å². The van der Waals surface area contributed by atoms with Crippen LogP contribution in [0.1, 0.15) is 156 Å². The minimum Gasteiger partial charge on any atom is -0.469 e. The Labute approximate surface area is 603 Å². The maximum absolute atomic E-state index is 14.2. The van der Waals surface area contributed by atoms with E-state index in [1.54, 1.807) is 99.0 Å². The van der Waals surface area contributed by atoms with Crippen molar-refractivity contribution >= 4 is 105 Å². The van der Waals surface area contributed by atoms with Crippen molar-refractivity contribution in [2.75, 3.05) is 65.1 Å². The Morgan fingerprint density at radius 2 is 0.962 bits per heavy atom. The van der Waals surface area contributed by atoms with Crippen LogP contribution in [0.5, 0.6) is 0 Å². The first kappa shape index (κ1) is 78.8. The lowest BCUT2D eigenvalue weighted by Crippen LogP contribution is -2.49. The monoisotopic (exact) mass is 1440 g/mol. The molecule has 558 valence electrons. The Hall–Kier alpha value is -10.9. The Bertz CT molecular complexity index is 4070. The van der Waals surface area contributed by atoms with Crippen molar-refractivity contribution in [3.05, 3.63) is 119 Å². The fourth-order valence-electron chi connectivity index (χ4n) is 12.0. The molecule has 8 rings (SSSR count). The Balaban J connectivity index is 0.868. The molecular weight excluding hydrogens is 1340 g/mol. The molecule has 30 heteroatoms. The number of anilines is 2. The fraction of sp³-hybridized carbons (Fsp3) is 0.486. The van der Waals surface area contributed by atoms with E-state index in [-0.39, 0.29) is 128 Å². The van der Waals surface area contributed by atoms with Gasteiger partial charge in [0.1, 0.15) is 47.0 Å². The smallest absolute Gasteiger partial charge is 0.308 e. The SMILES string of the molecule is COC(=O)C[C@@H]1Nc2ccc(C(=O)N(C)Cc3nc4ccccc4[nH]3)cc2CN(CCCNC(=O)[C@H](CCC(=O)OC(C)(C)C)NC(=O)[C@@H](C)CCC(=O)N[C@@H](CCC(=O)OC(C)(C)C)C(=O)NCCCN2Cc3cc(C(=O)N(C)Cc4nc5ccccc5[nH]4)ccc3N[C@H](CC(=O)OC)C2=O)C1=O. The number of carbonyl (C=O) groups is 12. The van der Waals surface area contributed by atoms with Crippen molar-refractivity contribution in [1.29, 1.82) is 0 Å². The number of fused-ring (bicyclic) bond motifs is 4. The van der Waals surface area contributed by atoms with Crippen LogP contribution in [0.2, 0.25) is 0 Å². The average molecular weight is 1440 g/mol. The summed E-state index contributed by atoms with van der Waals surface area (Å²) < 4.78 is 20.8. The van der Waals surface area contributed by atoms with Gasteiger partial charge in [0.15, 0.2) is 0 Å². The fourth-order valence-corrected chi connectivity index (χ4v) is 12.0. The standard InChI is InChI=1S/C74H96N14O16/c1-44(66(94)84-56(28-31-63(91)104-74(5,6)7)68(96)76-33-17-35-88-41-48-37-46(24-26-50(48)78-58(72(88)100)39-65(93)102-11)70(98)86(9)43-60-81-53-20-14-15-21-54(53)82-60)22-29-61(89)83-55(27-30-62(90)103-73(2,3)4)67(95)75-32-16-34-87-40-47-36-45(23-25-49(47)77-57(71(87)99)38-64(92)101-10)69(97)85(8)42-59-79-51-18-12-13-19-52(51)80-59/h12-15,18-21,23-26,36-37,44,55-58,77-78H,16-17,22,27-35,38-43H2,1-11H3,(H,75,95)(H,76,96)(H,79,80)(H,81,82)(H,83,89)(H,84,94)/t44-,55-,56-,57+,58-/m0/s1. The molecule has 6 aromatic rings. The third-order valence-electron chi connectivity index (χ3n) is 17.3. The largest absolute Gasteiger partial charge is 0.469 e. The first-order valence-corrected chi connectivity index (χ1v) is 34.8. The summed E-state index contributed by atoms with van der Waals surface area (Å²) in [6, 6.07) is 20.5. The lowest BCUT2D eigenvalue weighted by molar-refractivity contribution is -0.156. The summed E-state index contributed by atoms with van der Waals surface area (Å²) >= 11 is 0. The van der Waals surface area contributed by atoms with Crippen LogP contribution in [0.3, 0.4) is 0 Å². The molecule has 0 saturated heterocycles. The zero-order valence-electron chi connectivity index (χ0n) is 60.9. The third kappa shape index (κ3) is 22.8. The van der Waals surface area contributed by atoms with Crippen LogP contribution in [0.25, 0.3) is 22.1 Å². The Morgan fingerprint density at radius 3 is 1.37 bits per heavy atom. The summed E-state index contributed by atoms with van der Waals surface area (Å²) in [5, 5.41) is 17.4. The number of amides is 8. The zero-order chi connectivity index (χ0) is 75.6. The van der Waals surface area contributed by atoms with E-state index in [4.69, 9.17) is 18.9 Å². The highest BCUT2D eigenvalue weighted by Crippen LogP contribution is 2.29. The number of nitrogens with zero attached hydrogens (tertiary/aromatic N) is 6. The molecule has 104 heavy (non-hydrogen) atoms. The van der Waals surface area contributed by atoms with Crippen molar-refractivity contribution in [1.82, 2.24) is 60.8 Å². The van der Waals surface area contributed by atoms with Gasteiger partial charge in [0.2, 0.25) is 35.4 Å². The molecule has 0 unspecified atom stereocenters. The number of hydrogen-bond donors (Lipinski definition) is 8. The second kappa shape index (κ2) is 35.8. The van der Waals surface area contributed by atoms with Gasteiger partial charge in [-0.15, -0.1) is 0 Å². The summed E-state index contributed by atoms with van der Waals surface area (Å²) in [6.45, 7) is 12.3. The van der Waals surface area contributed by atoms with E-state index in [1.165, 1.54) is 33.8 Å². The number of benzene rings is 4. The van der Waals surface area contributed by atoms with Gasteiger partial charge < -0.3 is 80.4 Å². The Kier molecular flexibility index (Phi) is 27.1. The minimum absolute atomic E-state index is 0.00522. The topological polar surface area (TPSA) is 384 Å². The van der Waals surface area contributed by atoms with Gasteiger partial charge in [-0.3, -0.25) is 57.5 Å². The molecule has 8 N–H and O–H groups in total. The molecular formula is C74H96N14O16. The van der Waals surface area contributed by atoms with Gasteiger partial charge in [-0.25, -0.2) is 9.97 Å². The lowest BCUT2D eigenvalue weighted by atomic mass is 10.0. The molecule has 30 nitrogen and oxygen atoms in total. The summed E-state index contributed by atoms with van der Waals surface area (Å²) in [5.41, 5.74) is 4.43. The van der Waals surface area contributed by atoms with Crippen molar-refractivity contribution in [2.45, 2.75) is 174 Å². The summed E-state index contributed by atoms with van der Waals surface area (Å²) in [7, 11) is 5.74. The van der Waals surface area contributed by atoms with E-state index >= 15 is 0 Å². The average Bonchev–Trinajstić information content (AvgIpc) is 1.64. The molecule has 4 aromatic carbocycles. The number of ether oxygens (including phenoxy) is 4. The summed E-state index contributed by atoms with van der Waals surface area (Å²) in [5.74, 6) is -6.26. The number of rotatable bonds is 32. The number of aromatic amines is 2. The number of carbonyl (C=O) groups excluding carboxylic acids is 12. The maximum Gasteiger partial charge on any atom is 0.308 e. The van der Waals surface area contributed by atoms with Gasteiger partial charge in [-0.05, 0) is 145 Å². The maximum atomic E-state index is 14.2. The molecule has 0 spiro atoms. The van der Waals surface area contributed by atoms with E-state index in [0.29, 0.717) is 45.3 Å². The molecule has 2 aliphatic rings. The third-order valence-corrected chi connectivity index (χ3v) is 17.3. The molecule has 2 aromatic heterocycles. The van der Waals surface area contributed by atoms with Gasteiger partial charge in [-0.2, -0.15) is 0 Å². The quantitative estimate of drug-likeness (QED) is 0.0143. The van der Waals surface area contributed by atoms with E-state index in [2.05, 4.69) is 51.8 Å².